The van der Waals surface area contributed by atoms with Gasteiger partial charge in [-0.15, -0.1) is 0 Å². The minimum absolute atomic E-state index is 0.192. The van der Waals surface area contributed by atoms with E-state index in [-0.39, 0.29) is 17.9 Å². The van der Waals surface area contributed by atoms with Crippen LogP contribution >= 0.6 is 0 Å². The molecule has 0 spiro atoms. The molecule has 2 amide bonds. The van der Waals surface area contributed by atoms with Gasteiger partial charge in [0.2, 0.25) is 10.0 Å². The molecule has 2 aromatic rings. The van der Waals surface area contributed by atoms with E-state index in [1.165, 1.54) is 17.6 Å². The van der Waals surface area contributed by atoms with Gasteiger partial charge >= 0.3 is 0 Å². The smallest absolute Gasteiger partial charge is 0.255 e. The van der Waals surface area contributed by atoms with Gasteiger partial charge in [0, 0.05) is 18.7 Å². The number of para-hydroxylation sites is 1. The fourth-order valence-electron chi connectivity index (χ4n) is 3.37. The van der Waals surface area contributed by atoms with Crippen molar-refractivity contribution in [3.63, 3.8) is 0 Å². The zero-order chi connectivity index (χ0) is 19.8. The maximum absolute atomic E-state index is 12.7. The van der Waals surface area contributed by atoms with Gasteiger partial charge in [0.15, 0.2) is 0 Å². The van der Waals surface area contributed by atoms with Gasteiger partial charge in [0.05, 0.1) is 23.2 Å². The molecule has 0 saturated carbocycles. The number of hydrogen-bond acceptors (Lipinski definition) is 4. The molecule has 2 N–H and O–H groups in total. The van der Waals surface area contributed by atoms with Crippen LogP contribution in [-0.4, -0.2) is 39.6 Å². The summed E-state index contributed by atoms with van der Waals surface area (Å²) in [7, 11) is -1.85. The fourth-order valence-corrected chi connectivity index (χ4v) is 4.63. The molecule has 1 heterocycles. The fraction of sp³-hybridized carbons (Fsp3) is 0.263. The first kappa shape index (κ1) is 18.9. The predicted molar refractivity (Wildman–Crippen MR) is 105 cm³/mol. The van der Waals surface area contributed by atoms with E-state index >= 15 is 0 Å². The first-order valence-electron chi connectivity index (χ1n) is 8.47. The van der Waals surface area contributed by atoms with Crippen molar-refractivity contribution in [2.24, 2.45) is 0 Å². The third kappa shape index (κ3) is 3.66. The Morgan fingerprint density at radius 2 is 1.81 bits per heavy atom. The van der Waals surface area contributed by atoms with E-state index in [1.807, 2.05) is 6.92 Å². The zero-order valence-electron chi connectivity index (χ0n) is 15.3. The average Bonchev–Trinajstić information content (AvgIpc) is 2.96. The molecule has 8 heteroatoms. The van der Waals surface area contributed by atoms with Gasteiger partial charge in [-0.2, -0.15) is 0 Å². The quantitative estimate of drug-likeness (QED) is 0.839. The summed E-state index contributed by atoms with van der Waals surface area (Å²) >= 11 is 0. The van der Waals surface area contributed by atoms with Crippen molar-refractivity contribution in [3.8, 4) is 0 Å². The molecule has 142 valence electrons. The van der Waals surface area contributed by atoms with E-state index in [0.29, 0.717) is 28.9 Å². The average molecular weight is 387 g/mol. The number of fused-ring (bicyclic) bond motifs is 1. The van der Waals surface area contributed by atoms with Gasteiger partial charge in [-0.05, 0) is 49.2 Å². The van der Waals surface area contributed by atoms with Crippen LogP contribution in [0.25, 0.3) is 0 Å². The number of sulfonamides is 1. The summed E-state index contributed by atoms with van der Waals surface area (Å²) in [6, 6.07) is 11.5. The Balaban J connectivity index is 1.89. The molecule has 0 bridgehead atoms. The molecule has 1 aliphatic heterocycles. The Morgan fingerprint density at radius 3 is 2.48 bits per heavy atom. The lowest BCUT2D eigenvalue weighted by Crippen LogP contribution is -2.34. The van der Waals surface area contributed by atoms with Crippen LogP contribution in [0.1, 0.15) is 33.2 Å². The monoisotopic (exact) mass is 387 g/mol. The van der Waals surface area contributed by atoms with Crippen LogP contribution in [-0.2, 0) is 16.4 Å². The van der Waals surface area contributed by atoms with Gasteiger partial charge in [0.1, 0.15) is 0 Å². The summed E-state index contributed by atoms with van der Waals surface area (Å²) in [5, 5.41) is 5.29. The van der Waals surface area contributed by atoms with Gasteiger partial charge < -0.3 is 10.6 Å². The molecule has 3 rings (SSSR count). The molecule has 27 heavy (non-hydrogen) atoms. The summed E-state index contributed by atoms with van der Waals surface area (Å²) in [4.78, 5) is 24.6. The van der Waals surface area contributed by atoms with Crippen molar-refractivity contribution in [3.05, 3.63) is 59.2 Å². The number of amides is 2. The molecule has 0 aromatic heterocycles. The Hall–Kier alpha value is -2.87. The highest BCUT2D eigenvalue weighted by molar-refractivity contribution is 7.92. The molecular formula is C19H21N3O4S. The summed E-state index contributed by atoms with van der Waals surface area (Å²) in [5.74, 6) is -0.655. The molecule has 0 unspecified atom stereocenters. The number of nitrogens with zero attached hydrogens (tertiary/aromatic N) is 1. The van der Waals surface area contributed by atoms with Crippen molar-refractivity contribution in [1.82, 2.24) is 5.32 Å². The van der Waals surface area contributed by atoms with Crippen LogP contribution in [0.5, 0.6) is 0 Å². The second kappa shape index (κ2) is 7.03. The molecule has 0 radical (unpaired) electrons. The number of nitrogens with one attached hydrogen (secondary N) is 2. The SMILES string of the molecule is CNC(=O)c1ccccc1NC(=O)c1ccc2c(c1)C[C@@H](C)N2S(C)(=O)=O. The van der Waals surface area contributed by atoms with Crippen molar-refractivity contribution in [2.75, 3.05) is 22.9 Å². The van der Waals surface area contributed by atoms with Gasteiger partial charge in [0.25, 0.3) is 11.8 Å². The molecule has 2 aromatic carbocycles. The van der Waals surface area contributed by atoms with Crippen LogP contribution < -0.4 is 14.9 Å². The number of benzene rings is 2. The predicted octanol–water partition coefficient (Wildman–Crippen LogP) is 2.01. The van der Waals surface area contributed by atoms with Crippen LogP contribution in [0.2, 0.25) is 0 Å². The highest BCUT2D eigenvalue weighted by Gasteiger charge is 2.32. The second-order valence-electron chi connectivity index (χ2n) is 6.53. The second-order valence-corrected chi connectivity index (χ2v) is 8.39. The molecule has 0 saturated heterocycles. The maximum Gasteiger partial charge on any atom is 0.255 e. The Kier molecular flexibility index (Phi) is 4.93. The van der Waals surface area contributed by atoms with E-state index in [4.69, 9.17) is 0 Å². The number of carbonyl (C=O) groups is 2. The molecule has 1 aliphatic rings. The Morgan fingerprint density at radius 1 is 1.11 bits per heavy atom. The van der Waals surface area contributed by atoms with E-state index in [0.717, 1.165) is 5.56 Å². The molecule has 0 aliphatic carbocycles. The van der Waals surface area contributed by atoms with Crippen molar-refractivity contribution in [1.29, 1.82) is 0 Å². The molecule has 1 atom stereocenters. The number of hydrogen-bond donors (Lipinski definition) is 2. The molecular weight excluding hydrogens is 366 g/mol. The number of carbonyl (C=O) groups excluding carboxylic acids is 2. The highest BCUT2D eigenvalue weighted by atomic mass is 32.2. The topological polar surface area (TPSA) is 95.6 Å². The lowest BCUT2D eigenvalue weighted by Gasteiger charge is -2.21. The van der Waals surface area contributed by atoms with Crippen molar-refractivity contribution in [2.45, 2.75) is 19.4 Å². The van der Waals surface area contributed by atoms with E-state index in [1.54, 1.807) is 42.5 Å². The van der Waals surface area contributed by atoms with Gasteiger partial charge in [-0.3, -0.25) is 13.9 Å². The summed E-state index contributed by atoms with van der Waals surface area (Å²) < 4.78 is 25.4. The lowest BCUT2D eigenvalue weighted by atomic mass is 10.1. The van der Waals surface area contributed by atoms with E-state index in [2.05, 4.69) is 10.6 Å². The number of rotatable bonds is 4. The number of anilines is 2. The normalized spacial score (nSPS) is 16.0. The van der Waals surface area contributed by atoms with E-state index in [9.17, 15) is 18.0 Å². The highest BCUT2D eigenvalue weighted by Crippen LogP contribution is 2.34. The maximum atomic E-state index is 12.7. The molecule has 7 nitrogen and oxygen atoms in total. The third-order valence-electron chi connectivity index (χ3n) is 4.50. The summed E-state index contributed by atoms with van der Waals surface area (Å²) in [6.45, 7) is 1.83. The minimum Gasteiger partial charge on any atom is -0.355 e. The standard InChI is InChI=1S/C19H21N3O4S/c1-12-10-14-11-13(8-9-17(14)22(12)27(3,25)26)18(23)21-16-7-5-4-6-15(16)19(24)20-2/h4-9,11-12H,10H2,1-3H3,(H,20,24)(H,21,23)/t12-/m1/s1. The zero-order valence-corrected chi connectivity index (χ0v) is 16.1. The van der Waals surface area contributed by atoms with Crippen LogP contribution in [0, 0.1) is 0 Å². The third-order valence-corrected chi connectivity index (χ3v) is 5.77. The van der Waals surface area contributed by atoms with Crippen LogP contribution in [0.4, 0.5) is 11.4 Å². The largest absolute Gasteiger partial charge is 0.355 e. The Bertz CT molecular complexity index is 1020. The van der Waals surface area contributed by atoms with E-state index < -0.39 is 10.0 Å². The first-order valence-corrected chi connectivity index (χ1v) is 10.3. The Labute approximate surface area is 158 Å². The van der Waals surface area contributed by atoms with Crippen LogP contribution in [0.15, 0.2) is 42.5 Å². The lowest BCUT2D eigenvalue weighted by molar-refractivity contribution is 0.0964. The molecule has 0 fully saturated rings. The van der Waals surface area contributed by atoms with Gasteiger partial charge in [-0.1, -0.05) is 12.1 Å². The summed E-state index contributed by atoms with van der Waals surface area (Å²) in [5.41, 5.74) is 2.59. The van der Waals surface area contributed by atoms with Crippen molar-refractivity contribution < 1.29 is 18.0 Å². The minimum atomic E-state index is -3.38. The van der Waals surface area contributed by atoms with Crippen molar-refractivity contribution >= 4 is 33.2 Å². The van der Waals surface area contributed by atoms with Gasteiger partial charge in [-0.25, -0.2) is 8.42 Å². The summed E-state index contributed by atoms with van der Waals surface area (Å²) in [6.07, 6.45) is 1.72. The van der Waals surface area contributed by atoms with Crippen LogP contribution in [0.3, 0.4) is 0 Å². The first-order chi connectivity index (χ1) is 12.7.